The zero-order chi connectivity index (χ0) is 14.7. The van der Waals surface area contributed by atoms with Crippen molar-refractivity contribution in [3.63, 3.8) is 0 Å². The van der Waals surface area contributed by atoms with Gasteiger partial charge in [0, 0.05) is 16.8 Å². The van der Waals surface area contributed by atoms with Crippen molar-refractivity contribution in [2.75, 3.05) is 5.32 Å². The molecule has 106 valence electrons. The molecule has 3 aromatic carbocycles. The number of anilines is 2. The Bertz CT molecular complexity index is 790. The predicted octanol–water partition coefficient (Wildman–Crippen LogP) is 4.10. The van der Waals surface area contributed by atoms with Crippen molar-refractivity contribution in [3.8, 4) is 5.75 Å². The normalized spacial score (nSPS) is 12.0. The third-order valence-electron chi connectivity index (χ3n) is 3.07. The SMILES string of the molecule is O=S(O)Oc1ccc2cccc(Nc3ccccc3)c2c1. The lowest BCUT2D eigenvalue weighted by Crippen LogP contribution is -1.97. The second-order valence-corrected chi connectivity index (χ2v) is 5.08. The van der Waals surface area contributed by atoms with Crippen molar-refractivity contribution in [2.24, 2.45) is 0 Å². The van der Waals surface area contributed by atoms with Gasteiger partial charge in [-0.3, -0.25) is 4.55 Å². The van der Waals surface area contributed by atoms with Crippen LogP contribution >= 0.6 is 0 Å². The first-order valence-corrected chi connectivity index (χ1v) is 7.39. The van der Waals surface area contributed by atoms with Crippen LogP contribution < -0.4 is 9.50 Å². The van der Waals surface area contributed by atoms with E-state index in [2.05, 4.69) is 5.32 Å². The highest BCUT2D eigenvalue weighted by molar-refractivity contribution is 7.74. The van der Waals surface area contributed by atoms with Gasteiger partial charge in [-0.15, -0.1) is 0 Å². The second-order valence-electron chi connectivity index (χ2n) is 4.48. The molecule has 0 saturated carbocycles. The van der Waals surface area contributed by atoms with E-state index in [4.69, 9.17) is 8.74 Å². The maximum atomic E-state index is 10.8. The fourth-order valence-corrected chi connectivity index (χ4v) is 2.44. The van der Waals surface area contributed by atoms with Gasteiger partial charge in [-0.25, -0.2) is 0 Å². The van der Waals surface area contributed by atoms with Crippen LogP contribution in [0, 0.1) is 0 Å². The quantitative estimate of drug-likeness (QED) is 0.712. The summed E-state index contributed by atoms with van der Waals surface area (Å²) in [6.07, 6.45) is 0. The van der Waals surface area contributed by atoms with E-state index in [0.29, 0.717) is 5.75 Å². The molecule has 0 heterocycles. The summed E-state index contributed by atoms with van der Waals surface area (Å²) in [7, 11) is 0. The van der Waals surface area contributed by atoms with E-state index in [1.54, 1.807) is 12.1 Å². The molecule has 3 aromatic rings. The van der Waals surface area contributed by atoms with Crippen molar-refractivity contribution in [3.05, 3.63) is 66.7 Å². The molecule has 0 radical (unpaired) electrons. The first kappa shape index (κ1) is 13.6. The van der Waals surface area contributed by atoms with E-state index >= 15 is 0 Å². The molecule has 0 bridgehead atoms. The van der Waals surface area contributed by atoms with Gasteiger partial charge >= 0.3 is 11.4 Å². The molecule has 0 aliphatic heterocycles. The van der Waals surface area contributed by atoms with Crippen LogP contribution in [0.3, 0.4) is 0 Å². The summed E-state index contributed by atoms with van der Waals surface area (Å²) in [4.78, 5) is 0. The van der Waals surface area contributed by atoms with Crippen molar-refractivity contribution in [1.82, 2.24) is 0 Å². The smallest absolute Gasteiger partial charge is 0.357 e. The van der Waals surface area contributed by atoms with Crippen LogP contribution in [0.25, 0.3) is 10.8 Å². The Labute approximate surface area is 124 Å². The molecule has 1 atom stereocenters. The molecule has 1 unspecified atom stereocenters. The average Bonchev–Trinajstić information content (AvgIpc) is 2.48. The van der Waals surface area contributed by atoms with E-state index in [-0.39, 0.29) is 0 Å². The zero-order valence-corrected chi connectivity index (χ0v) is 11.8. The molecule has 3 rings (SSSR count). The van der Waals surface area contributed by atoms with E-state index in [0.717, 1.165) is 22.1 Å². The van der Waals surface area contributed by atoms with Crippen molar-refractivity contribution >= 4 is 33.5 Å². The Hall–Kier alpha value is -2.37. The van der Waals surface area contributed by atoms with Gasteiger partial charge in [0.15, 0.2) is 0 Å². The fraction of sp³-hybridized carbons (Fsp3) is 0. The Balaban J connectivity index is 2.03. The van der Waals surface area contributed by atoms with Crippen LogP contribution in [-0.4, -0.2) is 8.76 Å². The number of rotatable bonds is 4. The molecule has 2 N–H and O–H groups in total. The Morgan fingerprint density at radius 3 is 2.52 bits per heavy atom. The number of para-hydroxylation sites is 1. The summed E-state index contributed by atoms with van der Waals surface area (Å²) in [6, 6.07) is 21.0. The molecule has 5 heteroatoms. The number of fused-ring (bicyclic) bond motifs is 1. The van der Waals surface area contributed by atoms with Crippen molar-refractivity contribution < 1.29 is 12.9 Å². The lowest BCUT2D eigenvalue weighted by atomic mass is 10.1. The van der Waals surface area contributed by atoms with Crippen LogP contribution in [-0.2, 0) is 11.4 Å². The van der Waals surface area contributed by atoms with Crippen molar-refractivity contribution in [1.29, 1.82) is 0 Å². The maximum Gasteiger partial charge on any atom is 0.357 e. The first-order valence-electron chi connectivity index (χ1n) is 6.36. The minimum absolute atomic E-state index is 0.352. The highest BCUT2D eigenvalue weighted by Gasteiger charge is 2.05. The Morgan fingerprint density at radius 1 is 0.952 bits per heavy atom. The molecular formula is C16H13NO3S. The number of benzene rings is 3. The van der Waals surface area contributed by atoms with Gasteiger partial charge < -0.3 is 9.50 Å². The summed E-state index contributed by atoms with van der Waals surface area (Å²) in [5, 5.41) is 5.27. The minimum atomic E-state index is -2.32. The highest BCUT2D eigenvalue weighted by Crippen LogP contribution is 2.29. The molecule has 0 amide bonds. The summed E-state index contributed by atoms with van der Waals surface area (Å²) < 4.78 is 24.4. The van der Waals surface area contributed by atoms with Gasteiger partial charge in [0.1, 0.15) is 5.75 Å². The van der Waals surface area contributed by atoms with Gasteiger partial charge in [0.05, 0.1) is 0 Å². The van der Waals surface area contributed by atoms with Crippen LogP contribution in [0.2, 0.25) is 0 Å². The van der Waals surface area contributed by atoms with Gasteiger partial charge in [0.2, 0.25) is 0 Å². The molecule has 0 fully saturated rings. The van der Waals surface area contributed by atoms with Gasteiger partial charge in [-0.05, 0) is 35.7 Å². The average molecular weight is 299 g/mol. The molecule has 0 aliphatic carbocycles. The van der Waals surface area contributed by atoms with Crippen LogP contribution in [0.4, 0.5) is 11.4 Å². The maximum absolute atomic E-state index is 10.8. The summed E-state index contributed by atoms with van der Waals surface area (Å²) in [6.45, 7) is 0. The summed E-state index contributed by atoms with van der Waals surface area (Å²) in [5.41, 5.74) is 1.88. The van der Waals surface area contributed by atoms with E-state index in [9.17, 15) is 4.21 Å². The molecule has 0 saturated heterocycles. The third-order valence-corrected chi connectivity index (χ3v) is 3.41. The minimum Gasteiger partial charge on any atom is -0.380 e. The predicted molar refractivity (Wildman–Crippen MR) is 85.1 cm³/mol. The standard InChI is InChI=1S/C16H13NO3S/c18-21(19)20-14-10-9-12-5-4-8-16(15(12)11-14)17-13-6-2-1-3-7-13/h1-11,17H,(H,18,19). The lowest BCUT2D eigenvalue weighted by Gasteiger charge is -2.10. The number of hydrogen-bond acceptors (Lipinski definition) is 3. The van der Waals surface area contributed by atoms with E-state index in [1.807, 2.05) is 54.6 Å². The van der Waals surface area contributed by atoms with Crippen LogP contribution in [0.15, 0.2) is 66.7 Å². The molecular weight excluding hydrogens is 286 g/mol. The monoisotopic (exact) mass is 299 g/mol. The zero-order valence-electron chi connectivity index (χ0n) is 11.0. The van der Waals surface area contributed by atoms with Gasteiger partial charge in [-0.2, -0.15) is 4.21 Å². The Kier molecular flexibility index (Phi) is 3.85. The first-order chi connectivity index (χ1) is 10.2. The summed E-state index contributed by atoms with van der Waals surface area (Å²) in [5.74, 6) is 0.352. The highest BCUT2D eigenvalue weighted by atomic mass is 32.2. The fourth-order valence-electron chi connectivity index (χ4n) is 2.17. The number of hydrogen-bond donors (Lipinski definition) is 2. The van der Waals surface area contributed by atoms with E-state index in [1.165, 1.54) is 0 Å². The largest absolute Gasteiger partial charge is 0.380 e. The Morgan fingerprint density at radius 2 is 1.76 bits per heavy atom. The van der Waals surface area contributed by atoms with Gasteiger partial charge in [0.25, 0.3) is 0 Å². The molecule has 0 aromatic heterocycles. The van der Waals surface area contributed by atoms with Crippen LogP contribution in [0.1, 0.15) is 0 Å². The molecule has 0 aliphatic rings. The molecule has 21 heavy (non-hydrogen) atoms. The lowest BCUT2D eigenvalue weighted by molar-refractivity contribution is 0.458. The topological polar surface area (TPSA) is 58.6 Å². The second kappa shape index (κ2) is 5.95. The molecule has 0 spiro atoms. The number of nitrogens with one attached hydrogen (secondary N) is 1. The summed E-state index contributed by atoms with van der Waals surface area (Å²) >= 11 is -2.32. The third kappa shape index (κ3) is 3.21. The van der Waals surface area contributed by atoms with Crippen LogP contribution in [0.5, 0.6) is 5.75 Å². The van der Waals surface area contributed by atoms with E-state index < -0.39 is 11.4 Å². The van der Waals surface area contributed by atoms with Crippen molar-refractivity contribution in [2.45, 2.75) is 0 Å². The van der Waals surface area contributed by atoms with Gasteiger partial charge in [-0.1, -0.05) is 36.4 Å². The molecule has 4 nitrogen and oxygen atoms in total.